The molecule has 0 radical (unpaired) electrons. The van der Waals surface area contributed by atoms with E-state index < -0.39 is 23.6 Å². The molecule has 1 rings (SSSR count). The summed E-state index contributed by atoms with van der Waals surface area (Å²) in [6, 6.07) is 1.93. The molecule has 0 aliphatic carbocycles. The number of nitrogens with zero attached hydrogens (tertiary/aromatic N) is 1. The number of hydrogen-bond donors (Lipinski definition) is 2. The highest BCUT2D eigenvalue weighted by Gasteiger charge is 2.14. The maximum atomic E-state index is 13.2. The van der Waals surface area contributed by atoms with Crippen molar-refractivity contribution in [2.45, 2.75) is 6.10 Å². The van der Waals surface area contributed by atoms with Crippen LogP contribution in [-0.2, 0) is 0 Å². The number of nitrogens with one attached hydrogen (secondary N) is 1. The molecule has 1 aromatic carbocycles. The predicted molar refractivity (Wildman–Crippen MR) is 59.4 cm³/mol. The number of hydrogen-bond acceptors (Lipinski definition) is 3. The fourth-order valence-corrected chi connectivity index (χ4v) is 1.38. The van der Waals surface area contributed by atoms with Gasteiger partial charge in [-0.1, -0.05) is 0 Å². The van der Waals surface area contributed by atoms with Crippen molar-refractivity contribution < 1.29 is 18.3 Å². The van der Waals surface area contributed by atoms with Crippen molar-refractivity contribution in [1.29, 1.82) is 0 Å². The van der Waals surface area contributed by atoms with E-state index in [1.54, 1.807) is 19.0 Å². The standard InChI is InChI=1S/C11H15F3N2O/c1-16(2)6-7(17)5-15-9-4-3-8(12)10(13)11(9)14/h3-4,7,15,17H,5-6H2,1-2H3. The lowest BCUT2D eigenvalue weighted by molar-refractivity contribution is 0.148. The van der Waals surface area contributed by atoms with Crippen LogP contribution in [-0.4, -0.2) is 43.3 Å². The van der Waals surface area contributed by atoms with Gasteiger partial charge in [0, 0.05) is 13.1 Å². The Morgan fingerprint density at radius 1 is 1.24 bits per heavy atom. The van der Waals surface area contributed by atoms with Crippen LogP contribution >= 0.6 is 0 Å². The number of anilines is 1. The third-order valence-corrected chi connectivity index (χ3v) is 2.14. The average molecular weight is 248 g/mol. The lowest BCUT2D eigenvalue weighted by Crippen LogP contribution is -2.31. The van der Waals surface area contributed by atoms with Gasteiger partial charge < -0.3 is 15.3 Å². The van der Waals surface area contributed by atoms with Gasteiger partial charge in [0.1, 0.15) is 0 Å². The van der Waals surface area contributed by atoms with Gasteiger partial charge in [0.25, 0.3) is 0 Å². The minimum absolute atomic E-state index is 0.0557. The van der Waals surface area contributed by atoms with Gasteiger partial charge in [-0.3, -0.25) is 0 Å². The molecule has 0 aliphatic heterocycles. The molecule has 0 aliphatic rings. The van der Waals surface area contributed by atoms with Crippen molar-refractivity contribution in [1.82, 2.24) is 4.90 Å². The zero-order valence-corrected chi connectivity index (χ0v) is 9.67. The van der Waals surface area contributed by atoms with E-state index in [0.717, 1.165) is 12.1 Å². The van der Waals surface area contributed by atoms with Gasteiger partial charge in [-0.05, 0) is 26.2 Å². The first-order valence-electron chi connectivity index (χ1n) is 5.12. The predicted octanol–water partition coefficient (Wildman–Crippen LogP) is 1.44. The van der Waals surface area contributed by atoms with E-state index in [1.807, 2.05) is 0 Å². The second kappa shape index (κ2) is 5.88. The van der Waals surface area contributed by atoms with Gasteiger partial charge in [0.2, 0.25) is 0 Å². The van der Waals surface area contributed by atoms with Crippen molar-refractivity contribution in [3.63, 3.8) is 0 Å². The summed E-state index contributed by atoms with van der Waals surface area (Å²) in [6.45, 7) is 0.443. The molecule has 1 unspecified atom stereocenters. The fourth-order valence-electron chi connectivity index (χ4n) is 1.38. The molecule has 0 saturated heterocycles. The summed E-state index contributed by atoms with van der Waals surface area (Å²) in [7, 11) is 3.56. The molecule has 0 amide bonds. The van der Waals surface area contributed by atoms with Crippen LogP contribution < -0.4 is 5.32 Å². The Morgan fingerprint density at radius 2 is 1.88 bits per heavy atom. The Bertz CT molecular complexity index is 385. The number of aliphatic hydroxyl groups excluding tert-OH is 1. The SMILES string of the molecule is CN(C)CC(O)CNc1ccc(F)c(F)c1F. The van der Waals surface area contributed by atoms with E-state index in [-0.39, 0.29) is 12.2 Å². The summed E-state index contributed by atoms with van der Waals surface area (Å²) >= 11 is 0. The molecule has 0 spiro atoms. The molecular weight excluding hydrogens is 233 g/mol. The molecule has 17 heavy (non-hydrogen) atoms. The number of rotatable bonds is 5. The molecule has 0 heterocycles. The summed E-state index contributed by atoms with van der Waals surface area (Å²) in [5, 5.41) is 12.0. The second-order valence-electron chi connectivity index (χ2n) is 4.02. The number of likely N-dealkylation sites (N-methyl/N-ethyl adjacent to an activating group) is 1. The van der Waals surface area contributed by atoms with Crippen LogP contribution in [0.5, 0.6) is 0 Å². The number of halogens is 3. The third-order valence-electron chi connectivity index (χ3n) is 2.14. The Kier molecular flexibility index (Phi) is 4.77. The highest BCUT2D eigenvalue weighted by Crippen LogP contribution is 2.19. The summed E-state index contributed by atoms with van der Waals surface area (Å²) in [4.78, 5) is 1.76. The van der Waals surface area contributed by atoms with Crippen molar-refractivity contribution in [3.8, 4) is 0 Å². The topological polar surface area (TPSA) is 35.5 Å². The second-order valence-corrected chi connectivity index (χ2v) is 4.02. The molecule has 6 heteroatoms. The van der Waals surface area contributed by atoms with Crippen LogP contribution in [0.15, 0.2) is 12.1 Å². The summed E-state index contributed by atoms with van der Waals surface area (Å²) in [5.41, 5.74) is -0.165. The normalized spacial score (nSPS) is 12.9. The van der Waals surface area contributed by atoms with Crippen molar-refractivity contribution in [2.75, 3.05) is 32.5 Å². The zero-order valence-electron chi connectivity index (χ0n) is 9.67. The highest BCUT2D eigenvalue weighted by molar-refractivity contribution is 5.45. The van der Waals surface area contributed by atoms with E-state index in [0.29, 0.717) is 6.54 Å². The quantitative estimate of drug-likeness (QED) is 0.774. The Morgan fingerprint density at radius 3 is 2.47 bits per heavy atom. The smallest absolute Gasteiger partial charge is 0.196 e. The van der Waals surface area contributed by atoms with E-state index >= 15 is 0 Å². The molecule has 2 N–H and O–H groups in total. The van der Waals surface area contributed by atoms with Gasteiger partial charge >= 0.3 is 0 Å². The summed E-state index contributed by atoms with van der Waals surface area (Å²) < 4.78 is 38.7. The molecule has 0 saturated carbocycles. The lowest BCUT2D eigenvalue weighted by atomic mass is 10.2. The van der Waals surface area contributed by atoms with E-state index in [2.05, 4.69) is 5.32 Å². The maximum absolute atomic E-state index is 13.2. The average Bonchev–Trinajstić information content (AvgIpc) is 2.24. The molecule has 1 atom stereocenters. The first kappa shape index (κ1) is 13.8. The van der Waals surface area contributed by atoms with Crippen LogP contribution in [0.1, 0.15) is 0 Å². The minimum Gasteiger partial charge on any atom is -0.390 e. The van der Waals surface area contributed by atoms with Crippen LogP contribution in [0.4, 0.5) is 18.9 Å². The third kappa shape index (κ3) is 3.90. The van der Waals surface area contributed by atoms with E-state index in [9.17, 15) is 18.3 Å². The number of benzene rings is 1. The van der Waals surface area contributed by atoms with Gasteiger partial charge in [0.05, 0.1) is 11.8 Å². The highest BCUT2D eigenvalue weighted by atomic mass is 19.2. The largest absolute Gasteiger partial charge is 0.390 e. The molecular formula is C11H15F3N2O. The van der Waals surface area contributed by atoms with Gasteiger partial charge in [-0.15, -0.1) is 0 Å². The van der Waals surface area contributed by atoms with Crippen LogP contribution in [0.2, 0.25) is 0 Å². The van der Waals surface area contributed by atoms with E-state index in [4.69, 9.17) is 0 Å². The molecule has 1 aromatic rings. The molecule has 3 nitrogen and oxygen atoms in total. The molecule has 0 aromatic heterocycles. The lowest BCUT2D eigenvalue weighted by Gasteiger charge is -2.17. The number of aliphatic hydroxyl groups is 1. The first-order chi connectivity index (χ1) is 7.91. The van der Waals surface area contributed by atoms with Crippen LogP contribution in [0, 0.1) is 17.5 Å². The maximum Gasteiger partial charge on any atom is 0.196 e. The summed E-state index contributed by atoms with van der Waals surface area (Å²) in [5.74, 6) is -4.03. The molecule has 0 bridgehead atoms. The van der Waals surface area contributed by atoms with Crippen molar-refractivity contribution >= 4 is 5.69 Å². The first-order valence-corrected chi connectivity index (χ1v) is 5.12. The zero-order chi connectivity index (χ0) is 13.0. The van der Waals surface area contributed by atoms with Crippen LogP contribution in [0.25, 0.3) is 0 Å². The van der Waals surface area contributed by atoms with Crippen molar-refractivity contribution in [3.05, 3.63) is 29.6 Å². The summed E-state index contributed by atoms with van der Waals surface area (Å²) in [6.07, 6.45) is -0.725. The van der Waals surface area contributed by atoms with Gasteiger partial charge in [-0.25, -0.2) is 13.2 Å². The monoisotopic (exact) mass is 248 g/mol. The molecule has 0 fully saturated rings. The Labute approximate surface area is 97.9 Å². The van der Waals surface area contributed by atoms with Crippen molar-refractivity contribution in [2.24, 2.45) is 0 Å². The Hall–Kier alpha value is -1.27. The fraction of sp³-hybridized carbons (Fsp3) is 0.455. The van der Waals surface area contributed by atoms with E-state index in [1.165, 1.54) is 0 Å². The molecule has 96 valence electrons. The Balaban J connectivity index is 2.61. The van der Waals surface area contributed by atoms with Gasteiger partial charge in [-0.2, -0.15) is 0 Å². The minimum atomic E-state index is -1.52. The van der Waals surface area contributed by atoms with Crippen LogP contribution in [0.3, 0.4) is 0 Å². The van der Waals surface area contributed by atoms with Gasteiger partial charge in [0.15, 0.2) is 17.5 Å².